The second-order valence-electron chi connectivity index (χ2n) is 4.75. The Bertz CT molecular complexity index is 802. The van der Waals surface area contributed by atoms with Gasteiger partial charge in [0.2, 0.25) is 0 Å². The van der Waals surface area contributed by atoms with E-state index in [4.69, 9.17) is 5.73 Å². The van der Waals surface area contributed by atoms with E-state index in [0.29, 0.717) is 6.92 Å². The fourth-order valence-electron chi connectivity index (χ4n) is 1.76. The molecule has 0 spiro atoms. The van der Waals surface area contributed by atoms with E-state index in [1.54, 1.807) is 0 Å². The maximum absolute atomic E-state index is 13.3. The average Bonchev–Trinajstić information content (AvgIpc) is 2.42. The Morgan fingerprint density at radius 3 is 2.45 bits per heavy atom. The van der Waals surface area contributed by atoms with Gasteiger partial charge in [-0.05, 0) is 24.3 Å². The molecule has 0 fully saturated rings. The first-order chi connectivity index (χ1) is 10.1. The summed E-state index contributed by atoms with van der Waals surface area (Å²) >= 11 is 0. The number of rotatable bonds is 4. The molecule has 0 saturated carbocycles. The topological polar surface area (TPSA) is 72.2 Å². The zero-order valence-electron chi connectivity index (χ0n) is 11.5. The second-order valence-corrected chi connectivity index (χ2v) is 6.44. The Morgan fingerprint density at radius 1 is 1.14 bits per heavy atom. The van der Waals surface area contributed by atoms with Crippen LogP contribution in [0.1, 0.15) is 12.5 Å². The molecule has 0 aliphatic rings. The van der Waals surface area contributed by atoms with E-state index >= 15 is 0 Å². The van der Waals surface area contributed by atoms with E-state index in [0.717, 1.165) is 30.3 Å². The monoisotopic (exact) mass is 330 g/mol. The maximum Gasteiger partial charge on any atom is 0.270 e. The highest BCUT2D eigenvalue weighted by atomic mass is 32.2. The Balaban J connectivity index is 2.41. The van der Waals surface area contributed by atoms with Crippen LogP contribution in [0, 0.1) is 5.82 Å². The van der Waals surface area contributed by atoms with Crippen molar-refractivity contribution < 1.29 is 21.6 Å². The van der Waals surface area contributed by atoms with Gasteiger partial charge in [-0.2, -0.15) is 0 Å². The quantitative estimate of drug-likeness (QED) is 0.845. The minimum atomic E-state index is -4.17. The molecule has 0 atom stereocenters. The average molecular weight is 330 g/mol. The third-order valence-corrected chi connectivity index (χ3v) is 4.27. The second kappa shape index (κ2) is 5.53. The van der Waals surface area contributed by atoms with Crippen molar-refractivity contribution in [2.24, 2.45) is 0 Å². The molecule has 22 heavy (non-hydrogen) atoms. The van der Waals surface area contributed by atoms with Gasteiger partial charge >= 0.3 is 0 Å². The third kappa shape index (κ3) is 3.51. The molecule has 2 rings (SSSR count). The summed E-state index contributed by atoms with van der Waals surface area (Å²) in [5, 5.41) is 0. The molecule has 0 radical (unpaired) electrons. The summed E-state index contributed by atoms with van der Waals surface area (Å²) in [6.45, 7) is 0.663. The van der Waals surface area contributed by atoms with Gasteiger partial charge in [0, 0.05) is 18.6 Å². The Hall–Kier alpha value is -2.22. The van der Waals surface area contributed by atoms with Gasteiger partial charge in [-0.1, -0.05) is 12.1 Å². The summed E-state index contributed by atoms with van der Waals surface area (Å²) in [6, 6.07) is 7.52. The molecular formula is C14H13F3N2O2S. The van der Waals surface area contributed by atoms with Gasteiger partial charge in [-0.3, -0.25) is 4.72 Å². The van der Waals surface area contributed by atoms with Crippen molar-refractivity contribution in [3.63, 3.8) is 0 Å². The van der Waals surface area contributed by atoms with Crippen molar-refractivity contribution in [1.82, 2.24) is 0 Å². The number of alkyl halides is 2. The van der Waals surface area contributed by atoms with E-state index in [1.807, 2.05) is 0 Å². The molecule has 0 saturated heterocycles. The van der Waals surface area contributed by atoms with Crippen LogP contribution in [0.5, 0.6) is 0 Å². The summed E-state index contributed by atoms with van der Waals surface area (Å²) in [4.78, 5) is -0.366. The van der Waals surface area contributed by atoms with Gasteiger partial charge in [-0.15, -0.1) is 0 Å². The predicted molar refractivity (Wildman–Crippen MR) is 77.6 cm³/mol. The molecule has 0 amide bonds. The first-order valence-electron chi connectivity index (χ1n) is 6.16. The molecule has 0 aromatic heterocycles. The lowest BCUT2D eigenvalue weighted by Gasteiger charge is -2.14. The lowest BCUT2D eigenvalue weighted by molar-refractivity contribution is 0.0172. The van der Waals surface area contributed by atoms with Crippen molar-refractivity contribution in [3.05, 3.63) is 53.8 Å². The van der Waals surface area contributed by atoms with Gasteiger partial charge in [0.15, 0.2) is 0 Å². The molecule has 2 aromatic carbocycles. The largest absolute Gasteiger partial charge is 0.397 e. The number of halogens is 3. The van der Waals surface area contributed by atoms with Gasteiger partial charge in [0.05, 0.1) is 16.3 Å². The lowest BCUT2D eigenvalue weighted by atomic mass is 10.1. The van der Waals surface area contributed by atoms with Crippen LogP contribution in [-0.4, -0.2) is 8.42 Å². The number of nitrogens with one attached hydrogen (secondary N) is 1. The Kier molecular flexibility index (Phi) is 4.06. The van der Waals surface area contributed by atoms with Crippen LogP contribution in [-0.2, 0) is 15.9 Å². The zero-order chi connectivity index (χ0) is 16.5. The predicted octanol–water partition coefficient (Wildman–Crippen LogP) is 3.32. The number of anilines is 2. The smallest absolute Gasteiger partial charge is 0.270 e. The number of sulfonamides is 1. The first-order valence-corrected chi connectivity index (χ1v) is 7.64. The van der Waals surface area contributed by atoms with Crippen LogP contribution in [0.2, 0.25) is 0 Å². The van der Waals surface area contributed by atoms with Crippen LogP contribution in [0.25, 0.3) is 0 Å². The summed E-state index contributed by atoms with van der Waals surface area (Å²) in [6.07, 6.45) is 0. The van der Waals surface area contributed by atoms with Gasteiger partial charge < -0.3 is 5.73 Å². The fraction of sp³-hybridized carbons (Fsp3) is 0.143. The lowest BCUT2D eigenvalue weighted by Crippen LogP contribution is -2.16. The number of nitrogen functional groups attached to an aromatic ring is 1. The van der Waals surface area contributed by atoms with Crippen LogP contribution in [0.4, 0.5) is 24.5 Å². The fourth-order valence-corrected chi connectivity index (χ4v) is 2.88. The Labute approximate surface area is 125 Å². The minimum absolute atomic E-state index is 0.0157. The van der Waals surface area contributed by atoms with E-state index in [2.05, 4.69) is 4.72 Å². The number of hydrogen-bond donors (Lipinski definition) is 2. The van der Waals surface area contributed by atoms with Crippen molar-refractivity contribution in [3.8, 4) is 0 Å². The van der Waals surface area contributed by atoms with Crippen LogP contribution < -0.4 is 10.5 Å². The van der Waals surface area contributed by atoms with Crippen LogP contribution >= 0.6 is 0 Å². The van der Waals surface area contributed by atoms with Crippen molar-refractivity contribution in [2.75, 3.05) is 10.5 Å². The standard InChI is InChI=1S/C14H13F3N2O2S/c1-14(16,17)9-3-2-4-11(7-9)22(20,21)19-13-8-10(15)5-6-12(13)18/h2-8,19H,18H2,1H3. The molecule has 0 aliphatic carbocycles. The number of benzene rings is 2. The summed E-state index contributed by atoms with van der Waals surface area (Å²) in [5.41, 5.74) is 4.98. The molecule has 0 aliphatic heterocycles. The molecule has 0 bridgehead atoms. The van der Waals surface area contributed by atoms with E-state index < -0.39 is 27.3 Å². The van der Waals surface area contributed by atoms with Crippen molar-refractivity contribution >= 4 is 21.4 Å². The molecule has 0 unspecified atom stereocenters. The Morgan fingerprint density at radius 2 is 1.82 bits per heavy atom. The van der Waals surface area contributed by atoms with Gasteiger partial charge in [0.1, 0.15) is 5.82 Å². The summed E-state index contributed by atoms with van der Waals surface area (Å²) in [7, 11) is -4.17. The van der Waals surface area contributed by atoms with Gasteiger partial charge in [0.25, 0.3) is 15.9 Å². The highest BCUT2D eigenvalue weighted by Crippen LogP contribution is 2.29. The summed E-state index contributed by atoms with van der Waals surface area (Å²) < 4.78 is 66.2. The van der Waals surface area contributed by atoms with E-state index in [-0.39, 0.29) is 16.3 Å². The SMILES string of the molecule is CC(F)(F)c1cccc(S(=O)(=O)Nc2cc(F)ccc2N)c1. The molecule has 118 valence electrons. The number of hydrogen-bond acceptors (Lipinski definition) is 3. The van der Waals surface area contributed by atoms with Crippen LogP contribution in [0.3, 0.4) is 0 Å². The minimum Gasteiger partial charge on any atom is -0.397 e. The summed E-state index contributed by atoms with van der Waals surface area (Å²) in [5.74, 6) is -3.86. The zero-order valence-corrected chi connectivity index (χ0v) is 12.3. The molecule has 2 aromatic rings. The first kappa shape index (κ1) is 16.2. The normalized spacial score (nSPS) is 12.2. The van der Waals surface area contributed by atoms with E-state index in [1.165, 1.54) is 12.1 Å². The highest BCUT2D eigenvalue weighted by molar-refractivity contribution is 7.92. The molecule has 3 N–H and O–H groups in total. The molecule has 4 nitrogen and oxygen atoms in total. The maximum atomic E-state index is 13.3. The number of nitrogens with two attached hydrogens (primary N) is 1. The molecular weight excluding hydrogens is 317 g/mol. The van der Waals surface area contributed by atoms with Crippen LogP contribution in [0.15, 0.2) is 47.4 Å². The highest BCUT2D eigenvalue weighted by Gasteiger charge is 2.26. The van der Waals surface area contributed by atoms with Gasteiger partial charge in [-0.25, -0.2) is 21.6 Å². The van der Waals surface area contributed by atoms with Crippen molar-refractivity contribution in [1.29, 1.82) is 0 Å². The van der Waals surface area contributed by atoms with Crippen molar-refractivity contribution in [2.45, 2.75) is 17.7 Å². The van der Waals surface area contributed by atoms with E-state index in [9.17, 15) is 21.6 Å². The third-order valence-electron chi connectivity index (χ3n) is 2.91. The molecule has 0 heterocycles. The molecule has 8 heteroatoms.